The molecule has 0 aliphatic carbocycles. The van der Waals surface area contributed by atoms with Crippen molar-refractivity contribution in [2.24, 2.45) is 0 Å². The maximum absolute atomic E-state index is 6.32. The maximum Gasteiger partial charge on any atom is 0.334 e. The Kier molecular flexibility index (Phi) is 15.0. The molecule has 0 amide bonds. The highest BCUT2D eigenvalue weighted by Gasteiger charge is 2.38. The van der Waals surface area contributed by atoms with Gasteiger partial charge in [0.25, 0.3) is 0 Å². The van der Waals surface area contributed by atoms with Crippen molar-refractivity contribution in [3.05, 3.63) is 0 Å². The Bertz CT molecular complexity index is 385. The minimum absolute atomic E-state index is 0.989. The lowest BCUT2D eigenvalue weighted by Gasteiger charge is -2.33. The summed E-state index contributed by atoms with van der Waals surface area (Å²) < 4.78 is 40.4. The minimum Gasteiger partial charge on any atom is -0.420 e. The van der Waals surface area contributed by atoms with Gasteiger partial charge in [0.2, 0.25) is 0 Å². The molecule has 0 rings (SSSR count). The normalized spacial score (nSPS) is 13.8. The van der Waals surface area contributed by atoms with E-state index in [4.69, 9.17) is 31.0 Å². The SMILES string of the molecule is CO[Si](CCC[Si](C)(OC)OC)(CCC[Si](C)(OC)OC)CCC[Si](C)(OC)OC. The van der Waals surface area contributed by atoms with E-state index in [9.17, 15) is 0 Å². The molecular weight excluding hydrogens is 453 g/mol. The van der Waals surface area contributed by atoms with Gasteiger partial charge in [-0.15, -0.1) is 0 Å². The van der Waals surface area contributed by atoms with Gasteiger partial charge in [-0.1, -0.05) is 19.3 Å². The van der Waals surface area contributed by atoms with E-state index in [2.05, 4.69) is 19.6 Å². The van der Waals surface area contributed by atoms with Crippen LogP contribution in [-0.4, -0.2) is 83.8 Å². The van der Waals surface area contributed by atoms with Crippen LogP contribution < -0.4 is 0 Å². The Morgan fingerprint density at radius 2 is 0.600 bits per heavy atom. The monoisotopic (exact) mass is 500 g/mol. The molecule has 0 aromatic rings. The lowest BCUT2D eigenvalue weighted by molar-refractivity contribution is 0.248. The second-order valence-corrected chi connectivity index (χ2v) is 23.6. The average molecular weight is 501 g/mol. The number of hydrogen-bond donors (Lipinski definition) is 0. The molecule has 0 aliphatic heterocycles. The van der Waals surface area contributed by atoms with Crippen LogP contribution in [0.5, 0.6) is 0 Å². The van der Waals surface area contributed by atoms with Crippen molar-refractivity contribution in [2.45, 2.75) is 75.2 Å². The van der Waals surface area contributed by atoms with Gasteiger partial charge < -0.3 is 31.0 Å². The van der Waals surface area contributed by atoms with Crippen molar-refractivity contribution in [3.63, 3.8) is 0 Å². The molecule has 0 saturated carbocycles. The van der Waals surface area contributed by atoms with Gasteiger partial charge in [-0.25, -0.2) is 0 Å². The van der Waals surface area contributed by atoms with Gasteiger partial charge in [0, 0.05) is 49.8 Å². The molecule has 0 aliphatic rings. The molecule has 0 aromatic heterocycles. The van der Waals surface area contributed by atoms with E-state index < -0.39 is 34.0 Å². The third-order valence-corrected chi connectivity index (χ3v) is 20.4. The predicted molar refractivity (Wildman–Crippen MR) is 132 cm³/mol. The predicted octanol–water partition coefficient (Wildman–Crippen LogP) is 4.84. The van der Waals surface area contributed by atoms with Gasteiger partial charge in [-0.3, -0.25) is 0 Å². The summed E-state index contributed by atoms with van der Waals surface area (Å²) in [5.74, 6) is 0. The molecule has 0 fully saturated rings. The van der Waals surface area contributed by atoms with Crippen LogP contribution in [0.4, 0.5) is 0 Å². The van der Waals surface area contributed by atoms with Crippen molar-refractivity contribution in [1.29, 1.82) is 0 Å². The molecule has 0 bridgehead atoms. The van der Waals surface area contributed by atoms with Crippen molar-refractivity contribution >= 4 is 34.0 Å². The summed E-state index contributed by atoms with van der Waals surface area (Å²) >= 11 is 0. The molecule has 11 heteroatoms. The molecule has 0 aromatic carbocycles. The second kappa shape index (κ2) is 14.7. The molecule has 30 heavy (non-hydrogen) atoms. The van der Waals surface area contributed by atoms with Gasteiger partial charge in [-0.2, -0.15) is 0 Å². The molecule has 182 valence electrons. The first kappa shape index (κ1) is 30.6. The van der Waals surface area contributed by atoms with Crippen molar-refractivity contribution in [1.82, 2.24) is 0 Å². The number of rotatable bonds is 19. The highest BCUT2D eigenvalue weighted by atomic mass is 28.4. The first-order valence-electron chi connectivity index (χ1n) is 10.9. The van der Waals surface area contributed by atoms with Crippen LogP contribution in [0, 0.1) is 0 Å². The molecule has 0 N–H and O–H groups in total. The summed E-state index contributed by atoms with van der Waals surface area (Å²) in [5.41, 5.74) is 0. The number of hydrogen-bond acceptors (Lipinski definition) is 7. The summed E-state index contributed by atoms with van der Waals surface area (Å²) in [6.45, 7) is 6.39. The van der Waals surface area contributed by atoms with Gasteiger partial charge in [0.15, 0.2) is 8.32 Å². The van der Waals surface area contributed by atoms with Gasteiger partial charge >= 0.3 is 25.7 Å². The Morgan fingerprint density at radius 3 is 0.767 bits per heavy atom. The van der Waals surface area contributed by atoms with Crippen molar-refractivity contribution in [2.75, 3.05) is 49.8 Å². The maximum atomic E-state index is 6.32. The quantitative estimate of drug-likeness (QED) is 0.235. The van der Waals surface area contributed by atoms with E-state index in [0.717, 1.165) is 55.5 Å². The smallest absolute Gasteiger partial charge is 0.334 e. The third-order valence-electron chi connectivity index (χ3n) is 6.81. The zero-order valence-electron chi connectivity index (χ0n) is 21.2. The summed E-state index contributed by atoms with van der Waals surface area (Å²) in [5, 5.41) is 0. The van der Waals surface area contributed by atoms with Crippen LogP contribution >= 0.6 is 0 Å². The molecule has 0 atom stereocenters. The highest BCUT2D eigenvalue weighted by Crippen LogP contribution is 2.33. The van der Waals surface area contributed by atoms with E-state index >= 15 is 0 Å². The Balaban J connectivity index is 5.13. The molecule has 7 nitrogen and oxygen atoms in total. The summed E-state index contributed by atoms with van der Waals surface area (Å²) in [4.78, 5) is 0. The zero-order valence-corrected chi connectivity index (χ0v) is 25.2. The van der Waals surface area contributed by atoms with Crippen molar-refractivity contribution < 1.29 is 31.0 Å². The lowest BCUT2D eigenvalue weighted by atomic mass is 10.5. The average Bonchev–Trinajstić information content (AvgIpc) is 2.78. The van der Waals surface area contributed by atoms with Gasteiger partial charge in [0.05, 0.1) is 0 Å². The van der Waals surface area contributed by atoms with Crippen LogP contribution in [0.15, 0.2) is 0 Å². The standard InChI is InChI=1S/C19H48O7Si4/c1-20-27(8,21-2)14-11-17-30(26-7,18-12-15-28(9,22-3)23-4)19-13-16-29(10,24-5)25-6/h11-19H2,1-10H3. The van der Waals surface area contributed by atoms with E-state index in [0.29, 0.717) is 0 Å². The highest BCUT2D eigenvalue weighted by molar-refractivity contribution is 6.74. The molecule has 0 saturated heterocycles. The van der Waals surface area contributed by atoms with Crippen molar-refractivity contribution in [3.8, 4) is 0 Å². The van der Waals surface area contributed by atoms with Crippen LogP contribution in [0.3, 0.4) is 0 Å². The summed E-state index contributed by atoms with van der Waals surface area (Å²) in [7, 11) is 4.40. The fourth-order valence-corrected chi connectivity index (χ4v) is 12.8. The molecule has 0 heterocycles. The largest absolute Gasteiger partial charge is 0.420 e. The van der Waals surface area contributed by atoms with E-state index in [1.54, 1.807) is 42.7 Å². The Labute approximate surface area is 189 Å². The van der Waals surface area contributed by atoms with Gasteiger partial charge in [0.1, 0.15) is 0 Å². The fraction of sp³-hybridized carbons (Fsp3) is 1.00. The molecular formula is C19H48O7Si4. The van der Waals surface area contributed by atoms with Crippen LogP contribution in [-0.2, 0) is 31.0 Å². The summed E-state index contributed by atoms with van der Waals surface area (Å²) in [6, 6.07) is 6.33. The second-order valence-electron chi connectivity index (χ2n) is 8.57. The van der Waals surface area contributed by atoms with Crippen LogP contribution in [0.1, 0.15) is 19.3 Å². The fourth-order valence-electron chi connectivity index (χ4n) is 3.74. The van der Waals surface area contributed by atoms with E-state index in [1.165, 1.54) is 0 Å². The summed E-state index contributed by atoms with van der Waals surface area (Å²) in [6.07, 6.45) is 3.24. The first-order chi connectivity index (χ1) is 14.0. The minimum atomic E-state index is -2.05. The Morgan fingerprint density at radius 1 is 0.367 bits per heavy atom. The first-order valence-corrected chi connectivity index (χ1v) is 21.0. The Hall–Kier alpha value is 0.588. The zero-order chi connectivity index (χ0) is 23.3. The van der Waals surface area contributed by atoms with Crippen LogP contribution in [0.25, 0.3) is 0 Å². The molecule has 0 unspecified atom stereocenters. The molecule has 0 radical (unpaired) electrons. The van der Waals surface area contributed by atoms with Crippen LogP contribution in [0.2, 0.25) is 55.9 Å². The van der Waals surface area contributed by atoms with Gasteiger partial charge in [-0.05, 0) is 55.9 Å². The third kappa shape index (κ3) is 10.5. The lowest BCUT2D eigenvalue weighted by Crippen LogP contribution is -2.42. The van der Waals surface area contributed by atoms with E-state index in [1.807, 2.05) is 7.11 Å². The topological polar surface area (TPSA) is 64.6 Å². The van der Waals surface area contributed by atoms with E-state index in [-0.39, 0.29) is 0 Å². The molecule has 0 spiro atoms.